The molecule has 0 saturated carbocycles. The molecule has 0 atom stereocenters. The summed E-state index contributed by atoms with van der Waals surface area (Å²) in [6.45, 7) is 2.55. The molecule has 17 heavy (non-hydrogen) atoms. The summed E-state index contributed by atoms with van der Waals surface area (Å²) >= 11 is 0. The molecule has 2 rings (SSSR count). The number of aldehydes is 1. The van der Waals surface area contributed by atoms with Crippen LogP contribution in [0.25, 0.3) is 0 Å². The highest BCUT2D eigenvalue weighted by molar-refractivity contribution is 5.71. The molecule has 0 spiro atoms. The Hall–Kier alpha value is -2.16. The van der Waals surface area contributed by atoms with Crippen molar-refractivity contribution in [2.75, 3.05) is 0 Å². The minimum absolute atomic E-state index is 0.410. The third-order valence-electron chi connectivity index (χ3n) is 2.41. The zero-order valence-corrected chi connectivity index (χ0v) is 9.59. The average molecular weight is 227 g/mol. The number of hydrogen-bond donors (Lipinski definition) is 0. The van der Waals surface area contributed by atoms with E-state index in [0.717, 1.165) is 5.56 Å². The lowest BCUT2D eigenvalue weighted by atomic mass is 10.2. The highest BCUT2D eigenvalue weighted by atomic mass is 16.5. The van der Waals surface area contributed by atoms with Gasteiger partial charge in [-0.15, -0.1) is 0 Å². The lowest BCUT2D eigenvalue weighted by Gasteiger charge is -2.06. The van der Waals surface area contributed by atoms with E-state index in [-0.39, 0.29) is 0 Å². The second-order valence-corrected chi connectivity index (χ2v) is 3.81. The molecule has 3 nitrogen and oxygen atoms in total. The molecule has 0 saturated heterocycles. The Morgan fingerprint density at radius 3 is 2.53 bits per heavy atom. The maximum Gasteiger partial charge on any atom is 0.168 e. The van der Waals surface area contributed by atoms with E-state index in [2.05, 4.69) is 4.98 Å². The minimum Gasteiger partial charge on any atom is -0.487 e. The van der Waals surface area contributed by atoms with E-state index in [1.165, 1.54) is 5.56 Å². The summed E-state index contributed by atoms with van der Waals surface area (Å²) in [6.07, 6.45) is 2.27. The van der Waals surface area contributed by atoms with E-state index in [1.807, 2.05) is 31.2 Å². The number of pyridine rings is 1. The van der Waals surface area contributed by atoms with Crippen LogP contribution in [0.2, 0.25) is 0 Å². The molecule has 0 bridgehead atoms. The van der Waals surface area contributed by atoms with Crippen molar-refractivity contribution in [1.82, 2.24) is 4.98 Å². The van der Waals surface area contributed by atoms with Gasteiger partial charge in [0.2, 0.25) is 0 Å². The lowest BCUT2D eigenvalue weighted by Crippen LogP contribution is -1.96. The van der Waals surface area contributed by atoms with Gasteiger partial charge in [-0.1, -0.05) is 29.8 Å². The van der Waals surface area contributed by atoms with Crippen LogP contribution in [0.3, 0.4) is 0 Å². The van der Waals surface area contributed by atoms with Crippen molar-refractivity contribution in [2.45, 2.75) is 13.5 Å². The van der Waals surface area contributed by atoms with Gasteiger partial charge in [0.25, 0.3) is 0 Å². The van der Waals surface area contributed by atoms with Crippen LogP contribution in [0.15, 0.2) is 42.6 Å². The average Bonchev–Trinajstić information content (AvgIpc) is 2.39. The highest BCUT2D eigenvalue weighted by Gasteiger charge is 1.97. The second-order valence-electron chi connectivity index (χ2n) is 3.81. The van der Waals surface area contributed by atoms with Crippen LogP contribution < -0.4 is 4.74 Å². The molecule has 1 aromatic heterocycles. The predicted molar refractivity (Wildman–Crippen MR) is 65.1 cm³/mol. The van der Waals surface area contributed by atoms with Gasteiger partial charge in [-0.3, -0.25) is 4.79 Å². The molecule has 0 aliphatic carbocycles. The smallest absolute Gasteiger partial charge is 0.168 e. The number of carbonyl (C=O) groups is 1. The summed E-state index contributed by atoms with van der Waals surface area (Å²) in [5.74, 6) is 0.663. The molecule has 0 fully saturated rings. The summed E-state index contributed by atoms with van der Waals surface area (Å²) < 4.78 is 5.55. The van der Waals surface area contributed by atoms with Gasteiger partial charge in [0, 0.05) is 0 Å². The fourth-order valence-corrected chi connectivity index (χ4v) is 1.40. The van der Waals surface area contributed by atoms with Crippen molar-refractivity contribution in [3.05, 3.63) is 59.4 Å². The van der Waals surface area contributed by atoms with Crippen LogP contribution in [-0.4, -0.2) is 11.3 Å². The van der Waals surface area contributed by atoms with Crippen molar-refractivity contribution < 1.29 is 9.53 Å². The van der Waals surface area contributed by atoms with E-state index < -0.39 is 0 Å². The Labute approximate surface area is 100 Å². The monoisotopic (exact) mass is 227 g/mol. The molecule has 0 radical (unpaired) electrons. The maximum atomic E-state index is 10.4. The zero-order chi connectivity index (χ0) is 12.1. The molecule has 3 heteroatoms. The van der Waals surface area contributed by atoms with Gasteiger partial charge in [0.05, 0.1) is 6.20 Å². The molecule has 1 heterocycles. The van der Waals surface area contributed by atoms with E-state index in [4.69, 9.17) is 4.74 Å². The zero-order valence-electron chi connectivity index (χ0n) is 9.59. The Morgan fingerprint density at radius 2 is 1.94 bits per heavy atom. The number of hydrogen-bond acceptors (Lipinski definition) is 3. The topological polar surface area (TPSA) is 39.2 Å². The number of nitrogens with zero attached hydrogens (tertiary/aromatic N) is 1. The molecule has 0 N–H and O–H groups in total. The van der Waals surface area contributed by atoms with Crippen LogP contribution in [0.1, 0.15) is 21.6 Å². The Kier molecular flexibility index (Phi) is 3.50. The Bertz CT molecular complexity index is 489. The number of aryl methyl sites for hydroxylation is 1. The molecule has 86 valence electrons. The van der Waals surface area contributed by atoms with Crippen LogP contribution in [0.5, 0.6) is 5.75 Å². The van der Waals surface area contributed by atoms with Crippen LogP contribution >= 0.6 is 0 Å². The van der Waals surface area contributed by atoms with Gasteiger partial charge >= 0.3 is 0 Å². The summed E-state index contributed by atoms with van der Waals surface area (Å²) in [6, 6.07) is 11.5. The number of carbonyl (C=O) groups excluding carboxylic acids is 1. The van der Waals surface area contributed by atoms with Crippen molar-refractivity contribution in [3.63, 3.8) is 0 Å². The molecule has 0 aliphatic heterocycles. The van der Waals surface area contributed by atoms with Gasteiger partial charge in [0.1, 0.15) is 18.1 Å². The van der Waals surface area contributed by atoms with Crippen molar-refractivity contribution in [2.24, 2.45) is 0 Å². The third-order valence-corrected chi connectivity index (χ3v) is 2.41. The van der Waals surface area contributed by atoms with Gasteiger partial charge in [-0.25, -0.2) is 4.98 Å². The van der Waals surface area contributed by atoms with Crippen LogP contribution in [-0.2, 0) is 6.61 Å². The molecule has 1 aromatic carbocycles. The third kappa shape index (κ3) is 3.14. The number of rotatable bonds is 4. The van der Waals surface area contributed by atoms with Crippen molar-refractivity contribution in [1.29, 1.82) is 0 Å². The fraction of sp³-hybridized carbons (Fsp3) is 0.143. The number of aromatic nitrogens is 1. The van der Waals surface area contributed by atoms with E-state index in [1.54, 1.807) is 18.3 Å². The molecular formula is C14H13NO2. The predicted octanol–water partition coefficient (Wildman–Crippen LogP) is 2.78. The standard InChI is InChI=1S/C14H13NO2/c1-11-2-4-12(5-3-11)10-17-14-7-6-13(9-16)15-8-14/h2-9H,10H2,1H3. The van der Waals surface area contributed by atoms with E-state index in [9.17, 15) is 4.79 Å². The maximum absolute atomic E-state index is 10.4. The Balaban J connectivity index is 1.97. The normalized spacial score (nSPS) is 9.94. The second kappa shape index (κ2) is 5.25. The van der Waals surface area contributed by atoms with Gasteiger partial charge in [0.15, 0.2) is 6.29 Å². The van der Waals surface area contributed by atoms with Crippen molar-refractivity contribution >= 4 is 6.29 Å². The minimum atomic E-state index is 0.410. The first kappa shape index (κ1) is 11.3. The fourth-order valence-electron chi connectivity index (χ4n) is 1.40. The van der Waals surface area contributed by atoms with E-state index >= 15 is 0 Å². The SMILES string of the molecule is Cc1ccc(COc2ccc(C=O)nc2)cc1. The van der Waals surface area contributed by atoms with Crippen LogP contribution in [0, 0.1) is 6.92 Å². The molecule has 0 aliphatic rings. The first-order valence-electron chi connectivity index (χ1n) is 5.37. The molecular weight excluding hydrogens is 214 g/mol. The highest BCUT2D eigenvalue weighted by Crippen LogP contribution is 2.11. The summed E-state index contributed by atoms with van der Waals surface area (Å²) in [4.78, 5) is 14.4. The van der Waals surface area contributed by atoms with Crippen molar-refractivity contribution in [3.8, 4) is 5.75 Å². The largest absolute Gasteiger partial charge is 0.487 e. The summed E-state index contributed by atoms with van der Waals surface area (Å²) in [7, 11) is 0. The number of benzene rings is 1. The van der Waals surface area contributed by atoms with Gasteiger partial charge < -0.3 is 4.74 Å². The molecule has 2 aromatic rings. The first-order chi connectivity index (χ1) is 8.28. The summed E-state index contributed by atoms with van der Waals surface area (Å²) in [5, 5.41) is 0. The van der Waals surface area contributed by atoms with Gasteiger partial charge in [-0.05, 0) is 24.6 Å². The lowest BCUT2D eigenvalue weighted by molar-refractivity contribution is 0.111. The summed E-state index contributed by atoms with van der Waals surface area (Å²) in [5.41, 5.74) is 2.74. The first-order valence-corrected chi connectivity index (χ1v) is 5.37. The Morgan fingerprint density at radius 1 is 1.18 bits per heavy atom. The molecule has 0 unspecified atom stereocenters. The quantitative estimate of drug-likeness (QED) is 0.754. The number of ether oxygens (including phenoxy) is 1. The van der Waals surface area contributed by atoms with Gasteiger partial charge in [-0.2, -0.15) is 0 Å². The van der Waals surface area contributed by atoms with E-state index in [0.29, 0.717) is 24.3 Å². The van der Waals surface area contributed by atoms with Crippen LogP contribution in [0.4, 0.5) is 0 Å². The molecule has 0 amide bonds.